The van der Waals surface area contributed by atoms with E-state index in [4.69, 9.17) is 5.26 Å². The maximum absolute atomic E-state index is 12.2. The van der Waals surface area contributed by atoms with E-state index in [1.807, 2.05) is 46.8 Å². The number of rotatable bonds is 6. The third-order valence-corrected chi connectivity index (χ3v) is 6.85. The van der Waals surface area contributed by atoms with Crippen molar-refractivity contribution in [2.45, 2.75) is 39.3 Å². The second-order valence-corrected chi connectivity index (χ2v) is 9.60. The molecule has 1 aromatic heterocycles. The van der Waals surface area contributed by atoms with Crippen LogP contribution in [0.15, 0.2) is 79.3 Å². The number of imidazole rings is 1. The highest BCUT2D eigenvalue weighted by Gasteiger charge is 2.19. The molecule has 0 bridgehead atoms. The molecule has 1 fully saturated rings. The fraction of sp³-hybridized carbons (Fsp3) is 0.290. The van der Waals surface area contributed by atoms with E-state index in [-0.39, 0.29) is 11.8 Å². The first-order chi connectivity index (χ1) is 18.4. The molecule has 7 heteroatoms. The van der Waals surface area contributed by atoms with Gasteiger partial charge < -0.3 is 14.4 Å². The number of aromatic nitrogens is 2. The first kappa shape index (κ1) is 26.6. The highest BCUT2D eigenvalue weighted by molar-refractivity contribution is 5.86. The van der Waals surface area contributed by atoms with Crippen molar-refractivity contribution in [3.63, 3.8) is 0 Å². The Morgan fingerprint density at radius 2 is 1.71 bits per heavy atom. The van der Waals surface area contributed by atoms with E-state index < -0.39 is 0 Å². The molecule has 0 unspecified atom stereocenters. The van der Waals surface area contributed by atoms with Gasteiger partial charge >= 0.3 is 0 Å². The summed E-state index contributed by atoms with van der Waals surface area (Å²) in [6.07, 6.45) is 6.13. The number of carbonyl (C=O) groups excluding carboxylic acids is 2. The molecule has 3 aromatic carbocycles. The number of amides is 2. The van der Waals surface area contributed by atoms with Gasteiger partial charge in [0.2, 0.25) is 11.8 Å². The second kappa shape index (κ2) is 12.7. The van der Waals surface area contributed by atoms with Gasteiger partial charge in [0, 0.05) is 52.0 Å². The number of nitrogens with zero attached hydrogens (tertiary/aromatic N) is 5. The zero-order valence-corrected chi connectivity index (χ0v) is 22.0. The lowest BCUT2D eigenvalue weighted by Crippen LogP contribution is -2.29. The number of benzene rings is 3. The quantitative estimate of drug-likeness (QED) is 0.376. The Labute approximate surface area is 223 Å². The van der Waals surface area contributed by atoms with Crippen molar-refractivity contribution in [3.8, 4) is 6.07 Å². The number of nitriles is 1. The summed E-state index contributed by atoms with van der Waals surface area (Å²) in [6.45, 7) is 4.67. The van der Waals surface area contributed by atoms with Crippen LogP contribution in [-0.2, 0) is 29.1 Å². The van der Waals surface area contributed by atoms with Crippen LogP contribution in [0, 0.1) is 11.3 Å². The normalized spacial score (nSPS) is 12.5. The van der Waals surface area contributed by atoms with Crippen LogP contribution in [0.3, 0.4) is 0 Å². The lowest BCUT2D eigenvalue weighted by Gasteiger charge is -2.16. The Kier molecular flexibility index (Phi) is 8.89. The summed E-state index contributed by atoms with van der Waals surface area (Å²) in [5.41, 5.74) is 3.86. The van der Waals surface area contributed by atoms with Crippen molar-refractivity contribution in [1.82, 2.24) is 19.4 Å². The summed E-state index contributed by atoms with van der Waals surface area (Å²) in [6, 6.07) is 24.0. The minimum atomic E-state index is 0.0907. The standard InChI is InChI=1S/C17H18N4O.C14H15NO/c18-10-14-3-5-15(6-4-14)12-21-13-19-11-16(21)9-17(22)20-7-1-2-8-20;1-11(16)15(2)10-13-8-5-7-12-6-3-4-9-14(12)13/h3-6,11,13H,1-2,7-9,12H2;3-9H,10H2,1-2H3. The van der Waals surface area contributed by atoms with Gasteiger partial charge in [-0.2, -0.15) is 5.26 Å². The molecule has 0 atom stereocenters. The fourth-order valence-corrected chi connectivity index (χ4v) is 4.55. The monoisotopic (exact) mass is 507 g/mol. The smallest absolute Gasteiger partial charge is 0.228 e. The highest BCUT2D eigenvalue weighted by atomic mass is 16.2. The SMILES string of the molecule is CC(=O)N(C)Cc1cccc2ccccc12.N#Cc1ccc(Cn2cncc2CC(=O)N2CCCC2)cc1. The third kappa shape index (κ3) is 6.86. The topological polar surface area (TPSA) is 82.2 Å². The molecule has 5 rings (SSSR count). The van der Waals surface area contributed by atoms with Crippen LogP contribution in [0.4, 0.5) is 0 Å². The molecule has 0 saturated carbocycles. The van der Waals surface area contributed by atoms with Crippen molar-refractivity contribution in [3.05, 3.63) is 102 Å². The second-order valence-electron chi connectivity index (χ2n) is 9.60. The molecule has 0 radical (unpaired) electrons. The number of likely N-dealkylation sites (tertiary alicyclic amines) is 1. The molecule has 7 nitrogen and oxygen atoms in total. The first-order valence-corrected chi connectivity index (χ1v) is 12.9. The van der Waals surface area contributed by atoms with E-state index in [0.717, 1.165) is 37.2 Å². The molecule has 38 heavy (non-hydrogen) atoms. The molecule has 1 aliphatic rings. The van der Waals surface area contributed by atoms with Crippen molar-refractivity contribution in [2.75, 3.05) is 20.1 Å². The number of fused-ring (bicyclic) bond motifs is 1. The van der Waals surface area contributed by atoms with Crippen molar-refractivity contribution >= 4 is 22.6 Å². The van der Waals surface area contributed by atoms with Gasteiger partial charge in [-0.3, -0.25) is 9.59 Å². The molecular formula is C31H33N5O2. The zero-order valence-electron chi connectivity index (χ0n) is 22.0. The van der Waals surface area contributed by atoms with E-state index in [1.165, 1.54) is 16.3 Å². The summed E-state index contributed by atoms with van der Waals surface area (Å²) in [4.78, 5) is 31.3. The van der Waals surface area contributed by atoms with E-state index in [1.54, 1.807) is 36.5 Å². The summed E-state index contributed by atoms with van der Waals surface area (Å²) in [5.74, 6) is 0.270. The molecule has 0 spiro atoms. The van der Waals surface area contributed by atoms with Gasteiger partial charge in [-0.1, -0.05) is 54.6 Å². The van der Waals surface area contributed by atoms with Gasteiger partial charge in [-0.15, -0.1) is 0 Å². The third-order valence-electron chi connectivity index (χ3n) is 6.85. The molecule has 2 heterocycles. The van der Waals surface area contributed by atoms with Crippen LogP contribution < -0.4 is 0 Å². The maximum atomic E-state index is 12.2. The average molecular weight is 508 g/mol. The van der Waals surface area contributed by atoms with Crippen LogP contribution >= 0.6 is 0 Å². The minimum Gasteiger partial charge on any atom is -0.342 e. The van der Waals surface area contributed by atoms with Crippen molar-refractivity contribution in [2.24, 2.45) is 0 Å². The molecule has 0 aliphatic carbocycles. The Morgan fingerprint density at radius 1 is 1.00 bits per heavy atom. The van der Waals surface area contributed by atoms with Gasteiger partial charge in [0.1, 0.15) is 0 Å². The summed E-state index contributed by atoms with van der Waals surface area (Å²) < 4.78 is 2.00. The molecule has 2 amide bonds. The first-order valence-electron chi connectivity index (χ1n) is 12.9. The predicted molar refractivity (Wildman–Crippen MR) is 148 cm³/mol. The highest BCUT2D eigenvalue weighted by Crippen LogP contribution is 2.19. The molecule has 194 valence electrons. The Morgan fingerprint density at radius 3 is 2.42 bits per heavy atom. The lowest BCUT2D eigenvalue weighted by molar-refractivity contribution is -0.129. The van der Waals surface area contributed by atoms with Crippen molar-refractivity contribution < 1.29 is 9.59 Å². The summed E-state index contributed by atoms with van der Waals surface area (Å²) >= 11 is 0. The number of hydrogen-bond donors (Lipinski definition) is 0. The zero-order chi connectivity index (χ0) is 26.9. The minimum absolute atomic E-state index is 0.0907. The van der Waals surface area contributed by atoms with Crippen LogP contribution in [0.5, 0.6) is 0 Å². The van der Waals surface area contributed by atoms with E-state index in [0.29, 0.717) is 25.1 Å². The fourth-order valence-electron chi connectivity index (χ4n) is 4.55. The molecule has 1 aliphatic heterocycles. The Balaban J connectivity index is 0.000000186. The van der Waals surface area contributed by atoms with Gasteiger partial charge in [0.15, 0.2) is 0 Å². The predicted octanol–water partition coefficient (Wildman–Crippen LogP) is 4.79. The number of hydrogen-bond acceptors (Lipinski definition) is 4. The molecule has 0 N–H and O–H groups in total. The van der Waals surface area contributed by atoms with Crippen LogP contribution in [0.1, 0.15) is 42.1 Å². The average Bonchev–Trinajstić information content (AvgIpc) is 3.63. The Bertz CT molecular complexity index is 1420. The van der Waals surface area contributed by atoms with Crippen LogP contribution in [0.2, 0.25) is 0 Å². The Hall–Kier alpha value is -4.44. The summed E-state index contributed by atoms with van der Waals surface area (Å²) in [5, 5.41) is 11.3. The van der Waals surface area contributed by atoms with Crippen molar-refractivity contribution in [1.29, 1.82) is 5.26 Å². The maximum Gasteiger partial charge on any atom is 0.228 e. The van der Waals surface area contributed by atoms with Gasteiger partial charge in [-0.05, 0) is 46.9 Å². The van der Waals surface area contributed by atoms with E-state index >= 15 is 0 Å². The van der Waals surface area contributed by atoms with Gasteiger partial charge in [0.25, 0.3) is 0 Å². The van der Waals surface area contributed by atoms with E-state index in [2.05, 4.69) is 35.3 Å². The lowest BCUT2D eigenvalue weighted by atomic mass is 10.0. The van der Waals surface area contributed by atoms with Gasteiger partial charge in [0.05, 0.1) is 24.4 Å². The van der Waals surface area contributed by atoms with Crippen LogP contribution in [-0.4, -0.2) is 51.3 Å². The molecule has 4 aromatic rings. The van der Waals surface area contributed by atoms with E-state index in [9.17, 15) is 9.59 Å². The number of carbonyl (C=O) groups is 2. The largest absolute Gasteiger partial charge is 0.342 e. The molecular weight excluding hydrogens is 474 g/mol. The van der Waals surface area contributed by atoms with Crippen LogP contribution in [0.25, 0.3) is 10.8 Å². The summed E-state index contributed by atoms with van der Waals surface area (Å²) in [7, 11) is 1.82. The molecule has 1 saturated heterocycles. The van der Waals surface area contributed by atoms with Gasteiger partial charge in [-0.25, -0.2) is 4.98 Å².